The fraction of sp³-hybridized carbons (Fsp3) is 0.667. The summed E-state index contributed by atoms with van der Waals surface area (Å²) in [5.41, 5.74) is 0.891. The van der Waals surface area contributed by atoms with Gasteiger partial charge in [0.1, 0.15) is 12.6 Å². The number of hydrogen-bond acceptors (Lipinski definition) is 5. The highest BCUT2D eigenvalue weighted by Crippen LogP contribution is 2.41. The number of ether oxygens (including phenoxy) is 2. The predicted octanol–water partition coefficient (Wildman–Crippen LogP) is 5.43. The van der Waals surface area contributed by atoms with Crippen molar-refractivity contribution in [2.75, 3.05) is 7.11 Å². The number of methoxy groups -OCH3 is 1. The molecule has 1 fully saturated rings. The summed E-state index contributed by atoms with van der Waals surface area (Å²) in [6, 6.07) is 8.70. The zero-order valence-electron chi connectivity index (χ0n) is 19.9. The standard InChI is InChI=1S/C24H39NO5Si/c1-24(2,3)31(5,6)30-21-15-11-10-14-19(21)16-20(22(26)28-4)25-23(27)29-17-18-12-8-7-9-13-18/h7-9,12-13,19-21H,10-11,14-17H2,1-6H3,(H,25,27)/t19-,20?,21+/m1/s1. The molecule has 0 bridgehead atoms. The lowest BCUT2D eigenvalue weighted by Gasteiger charge is -2.43. The monoisotopic (exact) mass is 449 g/mol. The first kappa shape index (κ1) is 25.4. The van der Waals surface area contributed by atoms with Crippen molar-refractivity contribution in [1.82, 2.24) is 5.32 Å². The zero-order chi connectivity index (χ0) is 23.1. The summed E-state index contributed by atoms with van der Waals surface area (Å²) in [6.07, 6.45) is 4.18. The van der Waals surface area contributed by atoms with Crippen molar-refractivity contribution >= 4 is 20.4 Å². The first-order valence-electron chi connectivity index (χ1n) is 11.3. The Bertz CT molecular complexity index is 716. The Labute approximate surface area is 188 Å². The van der Waals surface area contributed by atoms with Gasteiger partial charge in [-0.1, -0.05) is 63.9 Å². The molecule has 1 amide bonds. The number of alkyl carbamates (subject to hydrolysis) is 1. The van der Waals surface area contributed by atoms with Gasteiger partial charge < -0.3 is 19.2 Å². The summed E-state index contributed by atoms with van der Waals surface area (Å²) in [4.78, 5) is 24.8. The van der Waals surface area contributed by atoms with Crippen molar-refractivity contribution in [3.8, 4) is 0 Å². The fourth-order valence-electron chi connectivity index (χ4n) is 3.72. The van der Waals surface area contributed by atoms with Crippen LogP contribution in [0.1, 0.15) is 58.4 Å². The molecule has 2 rings (SSSR count). The molecule has 31 heavy (non-hydrogen) atoms. The second-order valence-electron chi connectivity index (χ2n) is 9.98. The zero-order valence-corrected chi connectivity index (χ0v) is 20.9. The molecule has 1 unspecified atom stereocenters. The molecule has 1 aromatic carbocycles. The van der Waals surface area contributed by atoms with E-state index in [-0.39, 0.29) is 23.7 Å². The van der Waals surface area contributed by atoms with E-state index in [0.29, 0.717) is 6.42 Å². The highest BCUT2D eigenvalue weighted by atomic mass is 28.4. The van der Waals surface area contributed by atoms with Gasteiger partial charge in [-0.25, -0.2) is 9.59 Å². The largest absolute Gasteiger partial charge is 0.467 e. The van der Waals surface area contributed by atoms with Crippen LogP contribution in [0, 0.1) is 5.92 Å². The lowest BCUT2D eigenvalue weighted by atomic mass is 9.82. The molecular weight excluding hydrogens is 410 g/mol. The van der Waals surface area contributed by atoms with E-state index in [1.165, 1.54) is 7.11 Å². The van der Waals surface area contributed by atoms with Crippen molar-refractivity contribution in [3.05, 3.63) is 35.9 Å². The Balaban J connectivity index is 2.02. The molecule has 1 aliphatic carbocycles. The molecule has 0 heterocycles. The van der Waals surface area contributed by atoms with Gasteiger partial charge in [0, 0.05) is 6.10 Å². The highest BCUT2D eigenvalue weighted by Gasteiger charge is 2.42. The third kappa shape index (κ3) is 7.65. The van der Waals surface area contributed by atoms with Crippen molar-refractivity contribution < 1.29 is 23.5 Å². The number of nitrogens with one attached hydrogen (secondary N) is 1. The molecule has 1 aliphatic rings. The topological polar surface area (TPSA) is 73.9 Å². The van der Waals surface area contributed by atoms with Gasteiger partial charge in [-0.05, 0) is 48.9 Å². The third-order valence-corrected chi connectivity index (χ3v) is 11.1. The first-order chi connectivity index (χ1) is 14.5. The molecule has 174 valence electrons. The number of benzene rings is 1. The van der Waals surface area contributed by atoms with Crippen LogP contribution in [0.3, 0.4) is 0 Å². The van der Waals surface area contributed by atoms with Gasteiger partial charge >= 0.3 is 12.1 Å². The van der Waals surface area contributed by atoms with Crippen molar-refractivity contribution in [3.63, 3.8) is 0 Å². The van der Waals surface area contributed by atoms with Gasteiger partial charge in [0.2, 0.25) is 0 Å². The smallest absolute Gasteiger partial charge is 0.408 e. The summed E-state index contributed by atoms with van der Waals surface area (Å²) in [5.74, 6) is -0.255. The van der Waals surface area contributed by atoms with Crippen LogP contribution in [0.25, 0.3) is 0 Å². The van der Waals surface area contributed by atoms with Gasteiger partial charge in [0.25, 0.3) is 0 Å². The number of amides is 1. The molecule has 0 spiro atoms. The maximum atomic E-state index is 12.4. The molecule has 0 radical (unpaired) electrons. The van der Waals surface area contributed by atoms with Crippen LogP contribution >= 0.6 is 0 Å². The van der Waals surface area contributed by atoms with Crippen LogP contribution in [0.4, 0.5) is 4.79 Å². The van der Waals surface area contributed by atoms with Crippen LogP contribution in [-0.4, -0.2) is 39.6 Å². The van der Waals surface area contributed by atoms with Crippen LogP contribution in [0.2, 0.25) is 18.1 Å². The lowest BCUT2D eigenvalue weighted by Crippen LogP contribution is -2.49. The number of carbonyl (C=O) groups excluding carboxylic acids is 2. The van der Waals surface area contributed by atoms with E-state index in [1.807, 2.05) is 30.3 Å². The fourth-order valence-corrected chi connectivity index (χ4v) is 5.14. The summed E-state index contributed by atoms with van der Waals surface area (Å²) in [5, 5.41) is 2.84. The van der Waals surface area contributed by atoms with E-state index in [2.05, 4.69) is 39.2 Å². The molecule has 0 aliphatic heterocycles. The van der Waals surface area contributed by atoms with Crippen LogP contribution in [-0.2, 0) is 25.3 Å². The van der Waals surface area contributed by atoms with E-state index >= 15 is 0 Å². The first-order valence-corrected chi connectivity index (χ1v) is 14.2. The maximum absolute atomic E-state index is 12.4. The summed E-state index contributed by atoms with van der Waals surface area (Å²) in [7, 11) is -0.587. The third-order valence-electron chi connectivity index (χ3n) is 6.62. The van der Waals surface area contributed by atoms with Crippen LogP contribution < -0.4 is 5.32 Å². The number of hydrogen-bond donors (Lipinski definition) is 1. The molecule has 6 nitrogen and oxygen atoms in total. The molecule has 0 aromatic heterocycles. The summed E-state index contributed by atoms with van der Waals surface area (Å²) in [6.45, 7) is 11.4. The molecular formula is C24H39NO5Si. The highest BCUT2D eigenvalue weighted by molar-refractivity contribution is 6.74. The van der Waals surface area contributed by atoms with Gasteiger partial charge in [-0.3, -0.25) is 0 Å². The maximum Gasteiger partial charge on any atom is 0.408 e. The molecule has 3 atom stereocenters. The van der Waals surface area contributed by atoms with E-state index in [9.17, 15) is 9.59 Å². The SMILES string of the molecule is COC(=O)C(C[C@H]1CCCC[C@@H]1O[Si](C)(C)C(C)(C)C)NC(=O)OCc1ccccc1. The average Bonchev–Trinajstić information content (AvgIpc) is 2.72. The summed E-state index contributed by atoms with van der Waals surface area (Å²) >= 11 is 0. The number of carbonyl (C=O) groups is 2. The van der Waals surface area contributed by atoms with Crippen molar-refractivity contribution in [1.29, 1.82) is 0 Å². The van der Waals surface area contributed by atoms with E-state index < -0.39 is 26.4 Å². The van der Waals surface area contributed by atoms with E-state index in [0.717, 1.165) is 31.2 Å². The van der Waals surface area contributed by atoms with Gasteiger partial charge in [0.15, 0.2) is 8.32 Å². The second kappa shape index (κ2) is 11.1. The Morgan fingerprint density at radius 2 is 1.77 bits per heavy atom. The normalized spacial score (nSPS) is 20.6. The second-order valence-corrected chi connectivity index (χ2v) is 14.7. The van der Waals surface area contributed by atoms with Crippen LogP contribution in [0.15, 0.2) is 30.3 Å². The predicted molar refractivity (Wildman–Crippen MR) is 124 cm³/mol. The Hall–Kier alpha value is -1.86. The summed E-state index contributed by atoms with van der Waals surface area (Å²) < 4.78 is 17.0. The van der Waals surface area contributed by atoms with Gasteiger partial charge in [-0.15, -0.1) is 0 Å². The molecule has 1 saturated carbocycles. The van der Waals surface area contributed by atoms with Crippen molar-refractivity contribution in [2.45, 2.75) is 89.8 Å². The molecule has 7 heteroatoms. The number of rotatable bonds is 8. The average molecular weight is 450 g/mol. The minimum atomic E-state index is -1.93. The number of esters is 1. The minimum absolute atomic E-state index is 0.101. The van der Waals surface area contributed by atoms with Crippen LogP contribution in [0.5, 0.6) is 0 Å². The van der Waals surface area contributed by atoms with Crippen molar-refractivity contribution in [2.24, 2.45) is 5.92 Å². The Morgan fingerprint density at radius 1 is 1.13 bits per heavy atom. The Morgan fingerprint density at radius 3 is 2.39 bits per heavy atom. The molecule has 1 N–H and O–H groups in total. The quantitative estimate of drug-likeness (QED) is 0.423. The minimum Gasteiger partial charge on any atom is -0.467 e. The molecule has 1 aromatic rings. The molecule has 0 saturated heterocycles. The van der Waals surface area contributed by atoms with Gasteiger partial charge in [-0.2, -0.15) is 0 Å². The van der Waals surface area contributed by atoms with E-state index in [4.69, 9.17) is 13.9 Å². The van der Waals surface area contributed by atoms with E-state index in [1.54, 1.807) is 0 Å². The Kier molecular flexibility index (Phi) is 9.12. The lowest BCUT2D eigenvalue weighted by molar-refractivity contribution is -0.143. The van der Waals surface area contributed by atoms with Gasteiger partial charge in [0.05, 0.1) is 7.11 Å².